The molecule has 0 unspecified atom stereocenters. The number of nitrogens with one attached hydrogen (secondary N) is 1. The summed E-state index contributed by atoms with van der Waals surface area (Å²) in [6.07, 6.45) is 0. The number of benzene rings is 3. The largest absolute Gasteiger partial charge is 0.497 e. The number of methoxy groups -OCH3 is 2. The van der Waals surface area contributed by atoms with Crippen molar-refractivity contribution in [1.29, 1.82) is 0 Å². The Morgan fingerprint density at radius 2 is 1.58 bits per heavy atom. The maximum Gasteiger partial charge on any atom is 0.253 e. The van der Waals surface area contributed by atoms with Crippen LogP contribution in [-0.2, 0) is 11.3 Å². The summed E-state index contributed by atoms with van der Waals surface area (Å²) in [6, 6.07) is 24.5. The van der Waals surface area contributed by atoms with Crippen LogP contribution in [0, 0.1) is 5.92 Å². The maximum atomic E-state index is 13.3. The number of likely N-dealkylation sites (tertiary alicyclic amines) is 1. The van der Waals surface area contributed by atoms with E-state index in [4.69, 9.17) is 9.47 Å². The number of hydrogen-bond donors (Lipinski definition) is 1. The average Bonchev–Trinajstić information content (AvgIpc) is 3.33. The lowest BCUT2D eigenvalue weighted by atomic mass is 9.87. The summed E-state index contributed by atoms with van der Waals surface area (Å²) < 4.78 is 10.8. The van der Waals surface area contributed by atoms with Gasteiger partial charge in [0.05, 0.1) is 20.1 Å². The SMILES string of the molecule is COc1ccc(C(=O)N2C[C@H](C(=O)NCc3ccccc3)[C@H](c3ccccc3OC)C2)cc1. The van der Waals surface area contributed by atoms with E-state index in [0.29, 0.717) is 30.9 Å². The Morgan fingerprint density at radius 3 is 2.27 bits per heavy atom. The molecule has 1 aliphatic rings. The van der Waals surface area contributed by atoms with E-state index in [9.17, 15) is 9.59 Å². The standard InChI is InChI=1S/C27H28N2O4/c1-32-21-14-12-20(13-15-21)27(31)29-17-23(22-10-6-7-11-25(22)33-2)24(18-29)26(30)28-16-19-8-4-3-5-9-19/h3-15,23-24H,16-18H2,1-2H3,(H,28,30)/t23-,24-/m0/s1. The molecule has 33 heavy (non-hydrogen) atoms. The number of nitrogens with zero attached hydrogens (tertiary/aromatic N) is 1. The van der Waals surface area contributed by atoms with Gasteiger partial charge in [-0.2, -0.15) is 0 Å². The second-order valence-electron chi connectivity index (χ2n) is 8.10. The number of amides is 2. The third kappa shape index (κ3) is 5.00. The van der Waals surface area contributed by atoms with Gasteiger partial charge < -0.3 is 19.7 Å². The number of carbonyl (C=O) groups excluding carboxylic acids is 2. The highest BCUT2D eigenvalue weighted by Crippen LogP contribution is 2.38. The summed E-state index contributed by atoms with van der Waals surface area (Å²) in [7, 11) is 3.21. The Kier molecular flexibility index (Phi) is 6.93. The molecule has 1 aliphatic heterocycles. The van der Waals surface area contributed by atoms with Crippen molar-refractivity contribution in [3.05, 3.63) is 95.6 Å². The number of para-hydroxylation sites is 1. The normalized spacial score (nSPS) is 17.5. The molecule has 0 bridgehead atoms. The van der Waals surface area contributed by atoms with Gasteiger partial charge in [-0.15, -0.1) is 0 Å². The number of hydrogen-bond acceptors (Lipinski definition) is 4. The molecule has 4 rings (SSSR count). The van der Waals surface area contributed by atoms with Gasteiger partial charge in [0.15, 0.2) is 0 Å². The van der Waals surface area contributed by atoms with Crippen LogP contribution in [-0.4, -0.2) is 44.0 Å². The van der Waals surface area contributed by atoms with Gasteiger partial charge in [0.2, 0.25) is 5.91 Å². The van der Waals surface area contributed by atoms with E-state index in [0.717, 1.165) is 16.9 Å². The van der Waals surface area contributed by atoms with Crippen molar-refractivity contribution in [1.82, 2.24) is 10.2 Å². The Bertz CT molecular complexity index is 1100. The van der Waals surface area contributed by atoms with Crippen LogP contribution < -0.4 is 14.8 Å². The van der Waals surface area contributed by atoms with E-state index < -0.39 is 0 Å². The van der Waals surface area contributed by atoms with Gasteiger partial charge in [-0.25, -0.2) is 0 Å². The van der Waals surface area contributed by atoms with E-state index in [-0.39, 0.29) is 23.7 Å². The van der Waals surface area contributed by atoms with Crippen molar-refractivity contribution in [3.8, 4) is 11.5 Å². The van der Waals surface area contributed by atoms with Gasteiger partial charge in [0, 0.05) is 31.1 Å². The predicted molar refractivity (Wildman–Crippen MR) is 126 cm³/mol. The van der Waals surface area contributed by atoms with Crippen LogP contribution in [0.4, 0.5) is 0 Å². The van der Waals surface area contributed by atoms with Crippen LogP contribution in [0.25, 0.3) is 0 Å². The zero-order chi connectivity index (χ0) is 23.2. The van der Waals surface area contributed by atoms with Crippen LogP contribution in [0.3, 0.4) is 0 Å². The van der Waals surface area contributed by atoms with Crippen LogP contribution >= 0.6 is 0 Å². The summed E-state index contributed by atoms with van der Waals surface area (Å²) in [5, 5.41) is 3.06. The first-order valence-corrected chi connectivity index (χ1v) is 11.0. The smallest absolute Gasteiger partial charge is 0.253 e. The van der Waals surface area contributed by atoms with Crippen molar-refractivity contribution in [2.45, 2.75) is 12.5 Å². The molecule has 0 saturated carbocycles. The molecule has 1 saturated heterocycles. The summed E-state index contributed by atoms with van der Waals surface area (Å²) >= 11 is 0. The van der Waals surface area contributed by atoms with E-state index in [1.54, 1.807) is 43.4 Å². The molecule has 0 aliphatic carbocycles. The van der Waals surface area contributed by atoms with Gasteiger partial charge in [-0.05, 0) is 41.5 Å². The molecule has 1 heterocycles. The zero-order valence-corrected chi connectivity index (χ0v) is 18.9. The van der Waals surface area contributed by atoms with Gasteiger partial charge in [-0.1, -0.05) is 48.5 Å². The molecule has 0 spiro atoms. The highest BCUT2D eigenvalue weighted by molar-refractivity contribution is 5.95. The molecule has 2 atom stereocenters. The monoisotopic (exact) mass is 444 g/mol. The Balaban J connectivity index is 1.57. The summed E-state index contributed by atoms with van der Waals surface area (Å²) in [5.41, 5.74) is 2.54. The molecule has 3 aromatic rings. The molecule has 170 valence electrons. The topological polar surface area (TPSA) is 67.9 Å². The molecule has 6 heteroatoms. The minimum atomic E-state index is -0.382. The Labute approximate surface area is 194 Å². The van der Waals surface area contributed by atoms with Crippen LogP contribution in [0.1, 0.15) is 27.4 Å². The van der Waals surface area contributed by atoms with Crippen LogP contribution in [0.5, 0.6) is 11.5 Å². The molecular weight excluding hydrogens is 416 g/mol. The minimum Gasteiger partial charge on any atom is -0.497 e. The van der Waals surface area contributed by atoms with Gasteiger partial charge >= 0.3 is 0 Å². The summed E-state index contributed by atoms with van der Waals surface area (Å²) in [5.74, 6) is 0.696. The first-order valence-electron chi connectivity index (χ1n) is 11.0. The molecule has 0 radical (unpaired) electrons. The fourth-order valence-electron chi connectivity index (χ4n) is 4.36. The fraction of sp³-hybridized carbons (Fsp3) is 0.259. The first-order chi connectivity index (χ1) is 16.1. The molecule has 6 nitrogen and oxygen atoms in total. The minimum absolute atomic E-state index is 0.0696. The quantitative estimate of drug-likeness (QED) is 0.601. The lowest BCUT2D eigenvalue weighted by Gasteiger charge is -2.20. The molecule has 0 aromatic heterocycles. The van der Waals surface area contributed by atoms with Gasteiger partial charge in [0.25, 0.3) is 5.91 Å². The average molecular weight is 445 g/mol. The van der Waals surface area contributed by atoms with E-state index in [1.165, 1.54) is 0 Å². The number of carbonyl (C=O) groups is 2. The van der Waals surface area contributed by atoms with Gasteiger partial charge in [0.1, 0.15) is 11.5 Å². The first kappa shape index (κ1) is 22.4. The molecule has 3 aromatic carbocycles. The van der Waals surface area contributed by atoms with Gasteiger partial charge in [-0.3, -0.25) is 9.59 Å². The second-order valence-corrected chi connectivity index (χ2v) is 8.10. The van der Waals surface area contributed by atoms with Crippen molar-refractivity contribution < 1.29 is 19.1 Å². The molecular formula is C27H28N2O4. The highest BCUT2D eigenvalue weighted by Gasteiger charge is 2.41. The van der Waals surface area contributed by atoms with Crippen LogP contribution in [0.15, 0.2) is 78.9 Å². The van der Waals surface area contributed by atoms with E-state index in [1.807, 2.05) is 54.6 Å². The number of ether oxygens (including phenoxy) is 2. The van der Waals surface area contributed by atoms with E-state index in [2.05, 4.69) is 5.32 Å². The number of rotatable bonds is 7. The van der Waals surface area contributed by atoms with Crippen molar-refractivity contribution >= 4 is 11.8 Å². The lowest BCUT2D eigenvalue weighted by Crippen LogP contribution is -2.35. The fourth-order valence-corrected chi connectivity index (χ4v) is 4.36. The van der Waals surface area contributed by atoms with Crippen molar-refractivity contribution in [2.75, 3.05) is 27.3 Å². The summed E-state index contributed by atoms with van der Waals surface area (Å²) in [4.78, 5) is 28.3. The third-order valence-corrected chi connectivity index (χ3v) is 6.13. The predicted octanol–water partition coefficient (Wildman–Crippen LogP) is 3.88. The molecule has 1 N–H and O–H groups in total. The highest BCUT2D eigenvalue weighted by atomic mass is 16.5. The Hall–Kier alpha value is -3.80. The molecule has 1 fully saturated rings. The molecule has 2 amide bonds. The second kappa shape index (κ2) is 10.2. The van der Waals surface area contributed by atoms with Crippen molar-refractivity contribution in [2.24, 2.45) is 5.92 Å². The zero-order valence-electron chi connectivity index (χ0n) is 18.9. The lowest BCUT2D eigenvalue weighted by molar-refractivity contribution is -0.125. The van der Waals surface area contributed by atoms with Crippen molar-refractivity contribution in [3.63, 3.8) is 0 Å². The van der Waals surface area contributed by atoms with E-state index >= 15 is 0 Å². The van der Waals surface area contributed by atoms with Crippen LogP contribution in [0.2, 0.25) is 0 Å². The third-order valence-electron chi connectivity index (χ3n) is 6.13. The summed E-state index contributed by atoms with van der Waals surface area (Å²) in [6.45, 7) is 1.23. The Morgan fingerprint density at radius 1 is 0.879 bits per heavy atom. The maximum absolute atomic E-state index is 13.3.